The maximum atomic E-state index is 13.3. The van der Waals surface area contributed by atoms with Gasteiger partial charge in [-0.05, 0) is 61.6 Å². The van der Waals surface area contributed by atoms with Gasteiger partial charge in [0.05, 0.1) is 37.8 Å². The molecule has 2 aliphatic rings. The number of benzene rings is 2. The van der Waals surface area contributed by atoms with Crippen LogP contribution >= 0.6 is 0 Å². The topological polar surface area (TPSA) is 145 Å². The number of ether oxygens (including phenoxy) is 3. The van der Waals surface area contributed by atoms with Crippen LogP contribution in [0.15, 0.2) is 60.9 Å². The number of aromatic nitrogens is 2. The Morgan fingerprint density at radius 3 is 2.35 bits per heavy atom. The number of amides is 3. The molecule has 2 aromatic heterocycles. The van der Waals surface area contributed by atoms with E-state index in [0.717, 1.165) is 42.6 Å². The van der Waals surface area contributed by atoms with Gasteiger partial charge in [0.1, 0.15) is 11.4 Å². The molecule has 0 spiro atoms. The van der Waals surface area contributed by atoms with E-state index >= 15 is 0 Å². The molecule has 0 bridgehead atoms. The first-order valence-corrected chi connectivity index (χ1v) is 17.7. The predicted octanol–water partition coefficient (Wildman–Crippen LogP) is 6.32. The zero-order valence-electron chi connectivity index (χ0n) is 30.7. The highest BCUT2D eigenvalue weighted by Crippen LogP contribution is 2.37. The molecule has 1 atom stereocenters. The van der Waals surface area contributed by atoms with Crippen molar-refractivity contribution < 1.29 is 33.4 Å². The van der Waals surface area contributed by atoms with E-state index in [1.807, 2.05) is 37.1 Å². The van der Waals surface area contributed by atoms with Crippen molar-refractivity contribution in [3.63, 3.8) is 0 Å². The Labute approximate surface area is 304 Å². The summed E-state index contributed by atoms with van der Waals surface area (Å²) in [5, 5.41) is 9.17. The highest BCUT2D eigenvalue weighted by atomic mass is 16.5. The van der Waals surface area contributed by atoms with E-state index in [-0.39, 0.29) is 36.8 Å². The van der Waals surface area contributed by atoms with Gasteiger partial charge in [-0.2, -0.15) is 0 Å². The Hall–Kier alpha value is -5.72. The molecule has 13 nitrogen and oxygen atoms in total. The number of nitrogens with one attached hydrogen (secondary N) is 3. The fourth-order valence-electron chi connectivity index (χ4n) is 6.49. The van der Waals surface area contributed by atoms with Gasteiger partial charge >= 0.3 is 5.97 Å². The van der Waals surface area contributed by atoms with Gasteiger partial charge < -0.3 is 44.2 Å². The number of carbonyl (C=O) groups excluding carboxylic acids is 4. The molecule has 0 aliphatic carbocycles. The van der Waals surface area contributed by atoms with Gasteiger partial charge in [-0.25, -0.2) is 4.79 Å². The van der Waals surface area contributed by atoms with Crippen LogP contribution in [0.4, 0.5) is 17.1 Å². The molecule has 3 amide bonds. The third-order valence-electron chi connectivity index (χ3n) is 9.15. The monoisotopic (exact) mass is 712 g/mol. The summed E-state index contributed by atoms with van der Waals surface area (Å²) in [6.07, 6.45) is 7.28. The summed E-state index contributed by atoms with van der Waals surface area (Å²) in [4.78, 5) is 53.0. The Kier molecular flexibility index (Phi) is 12.3. The molecule has 0 saturated carbocycles. The Balaban J connectivity index is 0.00000257. The van der Waals surface area contributed by atoms with E-state index < -0.39 is 5.97 Å². The summed E-state index contributed by atoms with van der Waals surface area (Å²) in [5.41, 5.74) is 4.94. The average Bonchev–Trinajstić information content (AvgIpc) is 3.70. The second-order valence-corrected chi connectivity index (χ2v) is 12.6. The Bertz CT molecular complexity index is 1910. The molecule has 2 aliphatic heterocycles. The number of methoxy groups -OCH3 is 2. The maximum Gasteiger partial charge on any atom is 0.354 e. The van der Waals surface area contributed by atoms with Crippen LogP contribution in [-0.4, -0.2) is 77.7 Å². The second kappa shape index (κ2) is 17.0. The number of carbonyl (C=O) groups is 4. The minimum Gasteiger partial charge on any atom is -0.493 e. The highest BCUT2D eigenvalue weighted by molar-refractivity contribution is 6.05. The summed E-state index contributed by atoms with van der Waals surface area (Å²) in [6, 6.07) is 14.4. The number of piperidine rings is 1. The van der Waals surface area contributed by atoms with Crippen LogP contribution in [0, 0.1) is 0 Å². The van der Waals surface area contributed by atoms with E-state index in [1.165, 1.54) is 7.11 Å². The van der Waals surface area contributed by atoms with Crippen molar-refractivity contribution in [1.82, 2.24) is 14.0 Å². The standard InChI is InChI=1S/C37H42N6O7.C2H6/c1-41-21-24(16-31(41)37(47)49-4)23-10-12-25(13-11-23)40-35(45)30-17-26(22-42(30)2)39-34(44)9-7-15-50-33-19-29-28(18-32(33)48-3)36(46)43-14-6-5-8-27(43)20-38-29;1-2/h10-13,16-19,21-22,27,38H,5-9,14-15,20H2,1-4H3,(H,39,44)(H,40,45);1-2H3/t27-;/m0./s1. The lowest BCUT2D eigenvalue weighted by Crippen LogP contribution is -2.45. The molecule has 3 N–H and O–H groups in total. The third-order valence-corrected chi connectivity index (χ3v) is 9.15. The summed E-state index contributed by atoms with van der Waals surface area (Å²) in [7, 11) is 6.39. The zero-order valence-corrected chi connectivity index (χ0v) is 30.7. The molecule has 1 saturated heterocycles. The lowest BCUT2D eigenvalue weighted by molar-refractivity contribution is -0.116. The first-order chi connectivity index (χ1) is 25.1. The van der Waals surface area contributed by atoms with E-state index in [1.54, 1.807) is 72.9 Å². The highest BCUT2D eigenvalue weighted by Gasteiger charge is 2.32. The van der Waals surface area contributed by atoms with E-state index in [9.17, 15) is 19.2 Å². The van der Waals surface area contributed by atoms with E-state index in [2.05, 4.69) is 16.0 Å². The van der Waals surface area contributed by atoms with Crippen LogP contribution in [0.25, 0.3) is 11.1 Å². The molecular weight excluding hydrogens is 664 g/mol. The lowest BCUT2D eigenvalue weighted by atomic mass is 10.0. The molecule has 2 aromatic carbocycles. The Morgan fingerprint density at radius 2 is 1.62 bits per heavy atom. The Morgan fingerprint density at radius 1 is 0.865 bits per heavy atom. The number of hydrogen-bond acceptors (Lipinski definition) is 8. The third kappa shape index (κ3) is 8.42. The maximum absolute atomic E-state index is 13.3. The molecule has 52 heavy (non-hydrogen) atoms. The number of fused-ring (bicyclic) bond motifs is 2. The molecule has 276 valence electrons. The van der Waals surface area contributed by atoms with Crippen LogP contribution in [0.1, 0.15) is 77.3 Å². The van der Waals surface area contributed by atoms with Gasteiger partial charge in [-0.3, -0.25) is 14.4 Å². The van der Waals surface area contributed by atoms with Crippen molar-refractivity contribution in [2.24, 2.45) is 14.1 Å². The smallest absolute Gasteiger partial charge is 0.354 e. The molecule has 0 unspecified atom stereocenters. The van der Waals surface area contributed by atoms with Gasteiger partial charge in [0.2, 0.25) is 5.91 Å². The molecule has 1 fully saturated rings. The van der Waals surface area contributed by atoms with Gasteiger partial charge in [-0.1, -0.05) is 26.0 Å². The number of esters is 1. The first-order valence-electron chi connectivity index (χ1n) is 17.7. The number of anilines is 3. The van der Waals surface area contributed by atoms with Crippen LogP contribution in [0.2, 0.25) is 0 Å². The van der Waals surface area contributed by atoms with Crippen molar-refractivity contribution in [1.29, 1.82) is 0 Å². The van der Waals surface area contributed by atoms with Crippen molar-refractivity contribution in [3.05, 3.63) is 77.9 Å². The van der Waals surface area contributed by atoms with E-state index in [0.29, 0.717) is 52.8 Å². The average molecular weight is 713 g/mol. The first kappa shape index (κ1) is 37.5. The molecular formula is C39H48N6O7. The lowest BCUT2D eigenvalue weighted by Gasteiger charge is -2.34. The van der Waals surface area contributed by atoms with Crippen LogP contribution in [0.5, 0.6) is 11.5 Å². The second-order valence-electron chi connectivity index (χ2n) is 12.6. The van der Waals surface area contributed by atoms with E-state index in [4.69, 9.17) is 14.2 Å². The predicted molar refractivity (Wildman–Crippen MR) is 200 cm³/mol. The number of hydrogen-bond donors (Lipinski definition) is 3. The summed E-state index contributed by atoms with van der Waals surface area (Å²) < 4.78 is 19.7. The fraction of sp³-hybridized carbons (Fsp3) is 0.385. The molecule has 4 aromatic rings. The van der Waals surface area contributed by atoms with Crippen LogP contribution in [-0.2, 0) is 23.6 Å². The van der Waals surface area contributed by atoms with Crippen LogP contribution < -0.4 is 25.4 Å². The summed E-state index contributed by atoms with van der Waals surface area (Å²) >= 11 is 0. The largest absolute Gasteiger partial charge is 0.493 e. The SMILES string of the molecule is CC.COC(=O)c1cc(-c2ccc(NC(=O)c3cc(NC(=O)CCCOc4cc5c(cc4OC)C(=O)N4CCCC[C@H]4CN5)cn3C)cc2)cn1C. The summed E-state index contributed by atoms with van der Waals surface area (Å²) in [5.74, 6) is 0.0245. The fourth-order valence-corrected chi connectivity index (χ4v) is 6.49. The van der Waals surface area contributed by atoms with Crippen LogP contribution in [0.3, 0.4) is 0 Å². The molecule has 0 radical (unpaired) electrons. The molecule has 13 heteroatoms. The number of aryl methyl sites for hydroxylation is 2. The van der Waals surface area contributed by atoms with Crippen molar-refractivity contribution in [2.75, 3.05) is 49.9 Å². The van der Waals surface area contributed by atoms with Crippen molar-refractivity contribution >= 4 is 40.8 Å². The quantitative estimate of drug-likeness (QED) is 0.121. The van der Waals surface area contributed by atoms with Gasteiger partial charge in [0.25, 0.3) is 11.8 Å². The van der Waals surface area contributed by atoms with Gasteiger partial charge in [0, 0.05) is 69.4 Å². The van der Waals surface area contributed by atoms with Crippen molar-refractivity contribution in [3.8, 4) is 22.6 Å². The molecule has 4 heterocycles. The van der Waals surface area contributed by atoms with Gasteiger partial charge in [0.15, 0.2) is 11.5 Å². The number of nitrogens with zero attached hydrogens (tertiary/aromatic N) is 3. The minimum absolute atomic E-state index is 0.00743. The van der Waals surface area contributed by atoms with Gasteiger partial charge in [-0.15, -0.1) is 0 Å². The zero-order chi connectivity index (χ0) is 37.4. The minimum atomic E-state index is -0.416. The molecule has 6 rings (SSSR count). The normalized spacial score (nSPS) is 14.8. The van der Waals surface area contributed by atoms with Crippen molar-refractivity contribution in [2.45, 2.75) is 52.0 Å². The number of rotatable bonds is 11. The summed E-state index contributed by atoms with van der Waals surface area (Å²) in [6.45, 7) is 5.72.